The van der Waals surface area contributed by atoms with Crippen LogP contribution in [0.4, 0.5) is 4.39 Å². The first-order valence-corrected chi connectivity index (χ1v) is 9.33. The van der Waals surface area contributed by atoms with Gasteiger partial charge in [-0.1, -0.05) is 41.4 Å². The number of nitrogens with zero attached hydrogens (tertiary/aromatic N) is 1. The molecule has 1 unspecified atom stereocenters. The van der Waals surface area contributed by atoms with Crippen LogP contribution < -0.4 is 5.32 Å². The van der Waals surface area contributed by atoms with Crippen LogP contribution in [0, 0.1) is 5.82 Å². The Hall–Kier alpha value is -2.11. The Morgan fingerprint density at radius 2 is 1.70 bits per heavy atom. The number of amides is 2. The minimum atomic E-state index is -0.717. The zero-order chi connectivity index (χ0) is 20.0. The number of benzene rings is 2. The summed E-state index contributed by atoms with van der Waals surface area (Å²) in [6.45, 7) is 4.01. The normalized spacial score (nSPS) is 11.7. The molecule has 2 aromatic rings. The lowest BCUT2D eigenvalue weighted by atomic mass is 10.1. The van der Waals surface area contributed by atoms with Crippen molar-refractivity contribution in [3.63, 3.8) is 0 Å². The molecule has 0 fully saturated rings. The van der Waals surface area contributed by atoms with E-state index in [1.807, 2.05) is 0 Å². The zero-order valence-corrected chi connectivity index (χ0v) is 16.6. The van der Waals surface area contributed by atoms with Crippen LogP contribution in [-0.4, -0.2) is 29.3 Å². The molecule has 0 bridgehead atoms. The van der Waals surface area contributed by atoms with Gasteiger partial charge < -0.3 is 10.2 Å². The van der Waals surface area contributed by atoms with Gasteiger partial charge in [0.2, 0.25) is 11.8 Å². The molecule has 0 spiro atoms. The van der Waals surface area contributed by atoms with Gasteiger partial charge in [0.15, 0.2) is 0 Å². The highest BCUT2D eigenvalue weighted by Gasteiger charge is 2.27. The molecule has 2 aromatic carbocycles. The molecular formula is C20H21Cl2FN2O2. The lowest BCUT2D eigenvalue weighted by Gasteiger charge is -2.29. The summed E-state index contributed by atoms with van der Waals surface area (Å²) in [5.41, 5.74) is 1.23. The van der Waals surface area contributed by atoms with Gasteiger partial charge in [0.1, 0.15) is 11.9 Å². The molecule has 2 amide bonds. The summed E-state index contributed by atoms with van der Waals surface area (Å²) in [4.78, 5) is 26.7. The van der Waals surface area contributed by atoms with Crippen LogP contribution in [0.3, 0.4) is 0 Å². The fourth-order valence-corrected chi connectivity index (χ4v) is 3.15. The van der Waals surface area contributed by atoms with Gasteiger partial charge in [0.25, 0.3) is 0 Å². The Morgan fingerprint density at radius 3 is 2.26 bits per heavy atom. The Labute approximate surface area is 168 Å². The van der Waals surface area contributed by atoms with Crippen LogP contribution in [-0.2, 0) is 22.6 Å². The lowest BCUT2D eigenvalue weighted by molar-refractivity contribution is -0.140. The standard InChI is InChI=1S/C20H21Cl2FN2O2/c1-3-24-20(27)13(2)25(12-16-17(21)5-4-6-18(16)22)19(26)11-14-7-9-15(23)10-8-14/h4-10,13H,3,11-12H2,1-2H3,(H,24,27). The molecule has 27 heavy (non-hydrogen) atoms. The van der Waals surface area contributed by atoms with E-state index < -0.39 is 6.04 Å². The second-order valence-corrected chi connectivity index (χ2v) is 6.91. The highest BCUT2D eigenvalue weighted by atomic mass is 35.5. The van der Waals surface area contributed by atoms with Crippen molar-refractivity contribution >= 4 is 35.0 Å². The van der Waals surface area contributed by atoms with E-state index in [2.05, 4.69) is 5.32 Å². The molecular weight excluding hydrogens is 390 g/mol. The molecule has 0 aromatic heterocycles. The Morgan fingerprint density at radius 1 is 1.11 bits per heavy atom. The summed E-state index contributed by atoms with van der Waals surface area (Å²) in [7, 11) is 0. The zero-order valence-electron chi connectivity index (χ0n) is 15.1. The van der Waals surface area contributed by atoms with Gasteiger partial charge in [-0.2, -0.15) is 0 Å². The van der Waals surface area contributed by atoms with Crippen molar-refractivity contribution in [3.05, 3.63) is 69.5 Å². The molecule has 144 valence electrons. The van der Waals surface area contributed by atoms with E-state index >= 15 is 0 Å². The Bertz CT molecular complexity index is 792. The van der Waals surface area contributed by atoms with Gasteiger partial charge in [0, 0.05) is 28.7 Å². The molecule has 7 heteroatoms. The summed E-state index contributed by atoms with van der Waals surface area (Å²) in [5.74, 6) is -0.925. The molecule has 1 N–H and O–H groups in total. The van der Waals surface area contributed by atoms with Gasteiger partial charge >= 0.3 is 0 Å². The number of likely N-dealkylation sites (N-methyl/N-ethyl adjacent to an activating group) is 1. The van der Waals surface area contributed by atoms with Gasteiger partial charge in [-0.25, -0.2) is 4.39 Å². The number of nitrogens with one attached hydrogen (secondary N) is 1. The first-order chi connectivity index (χ1) is 12.8. The topological polar surface area (TPSA) is 49.4 Å². The molecule has 0 aliphatic carbocycles. The minimum Gasteiger partial charge on any atom is -0.355 e. The van der Waals surface area contributed by atoms with E-state index in [1.165, 1.54) is 17.0 Å². The average molecular weight is 411 g/mol. The lowest BCUT2D eigenvalue weighted by Crippen LogP contribution is -2.48. The maximum atomic E-state index is 13.1. The van der Waals surface area contributed by atoms with Gasteiger partial charge in [-0.15, -0.1) is 0 Å². The number of carbonyl (C=O) groups is 2. The van der Waals surface area contributed by atoms with Crippen molar-refractivity contribution in [2.75, 3.05) is 6.54 Å². The van der Waals surface area contributed by atoms with Crippen molar-refractivity contribution in [1.29, 1.82) is 0 Å². The third-order valence-electron chi connectivity index (χ3n) is 4.18. The predicted molar refractivity (Wildman–Crippen MR) is 105 cm³/mol. The smallest absolute Gasteiger partial charge is 0.242 e. The quantitative estimate of drug-likeness (QED) is 0.742. The fraction of sp³-hybridized carbons (Fsp3) is 0.300. The molecule has 4 nitrogen and oxygen atoms in total. The van der Waals surface area contributed by atoms with Crippen LogP contribution >= 0.6 is 23.2 Å². The number of rotatable bonds is 7. The van der Waals surface area contributed by atoms with Gasteiger partial charge in [0.05, 0.1) is 6.42 Å². The van der Waals surface area contributed by atoms with Crippen LogP contribution in [0.15, 0.2) is 42.5 Å². The number of hydrogen-bond donors (Lipinski definition) is 1. The van der Waals surface area contributed by atoms with Crippen molar-refractivity contribution in [1.82, 2.24) is 10.2 Å². The minimum absolute atomic E-state index is 0.0338. The van der Waals surface area contributed by atoms with Crippen molar-refractivity contribution in [2.24, 2.45) is 0 Å². The number of carbonyl (C=O) groups excluding carboxylic acids is 2. The summed E-state index contributed by atoms with van der Waals surface area (Å²) >= 11 is 12.5. The third kappa shape index (κ3) is 5.68. The molecule has 0 aliphatic rings. The first-order valence-electron chi connectivity index (χ1n) is 8.58. The molecule has 0 heterocycles. The summed E-state index contributed by atoms with van der Waals surface area (Å²) in [6, 6.07) is 10.0. The maximum Gasteiger partial charge on any atom is 0.242 e. The predicted octanol–water partition coefficient (Wildman–Crippen LogP) is 4.23. The fourth-order valence-electron chi connectivity index (χ4n) is 2.64. The molecule has 0 saturated carbocycles. The van der Waals surface area contributed by atoms with Crippen molar-refractivity contribution in [2.45, 2.75) is 32.9 Å². The second kappa shape index (κ2) is 9.72. The van der Waals surface area contributed by atoms with E-state index in [1.54, 1.807) is 44.2 Å². The maximum absolute atomic E-state index is 13.1. The Balaban J connectivity index is 2.29. The highest BCUT2D eigenvalue weighted by Crippen LogP contribution is 2.26. The number of halogens is 3. The SMILES string of the molecule is CCNC(=O)C(C)N(Cc1c(Cl)cccc1Cl)C(=O)Cc1ccc(F)cc1. The third-order valence-corrected chi connectivity index (χ3v) is 4.89. The second-order valence-electron chi connectivity index (χ2n) is 6.10. The molecule has 0 aliphatic heterocycles. The first kappa shape index (κ1) is 21.2. The van der Waals surface area contributed by atoms with Crippen LogP contribution in [0.25, 0.3) is 0 Å². The molecule has 1 atom stereocenters. The highest BCUT2D eigenvalue weighted by molar-refractivity contribution is 6.36. The largest absolute Gasteiger partial charge is 0.355 e. The van der Waals surface area contributed by atoms with E-state index in [4.69, 9.17) is 23.2 Å². The average Bonchev–Trinajstić information content (AvgIpc) is 2.63. The van der Waals surface area contributed by atoms with E-state index in [0.29, 0.717) is 27.7 Å². The molecule has 2 rings (SSSR count). The Kier molecular flexibility index (Phi) is 7.63. The van der Waals surface area contributed by atoms with E-state index in [9.17, 15) is 14.0 Å². The monoisotopic (exact) mass is 410 g/mol. The van der Waals surface area contributed by atoms with Gasteiger partial charge in [-0.3, -0.25) is 9.59 Å². The summed E-state index contributed by atoms with van der Waals surface area (Å²) in [5, 5.41) is 3.56. The van der Waals surface area contributed by atoms with Crippen LogP contribution in [0.2, 0.25) is 10.0 Å². The number of hydrogen-bond acceptors (Lipinski definition) is 2. The molecule has 0 saturated heterocycles. The van der Waals surface area contributed by atoms with Gasteiger partial charge in [-0.05, 0) is 43.7 Å². The van der Waals surface area contributed by atoms with Crippen molar-refractivity contribution in [3.8, 4) is 0 Å². The van der Waals surface area contributed by atoms with Crippen LogP contribution in [0.1, 0.15) is 25.0 Å². The summed E-state index contributed by atoms with van der Waals surface area (Å²) in [6.07, 6.45) is 0.0338. The van der Waals surface area contributed by atoms with Crippen LogP contribution in [0.5, 0.6) is 0 Å². The summed E-state index contributed by atoms with van der Waals surface area (Å²) < 4.78 is 13.1. The van der Waals surface area contributed by atoms with E-state index in [-0.39, 0.29) is 30.6 Å². The van der Waals surface area contributed by atoms with Crippen molar-refractivity contribution < 1.29 is 14.0 Å². The van der Waals surface area contributed by atoms with E-state index in [0.717, 1.165) is 0 Å². The molecule has 0 radical (unpaired) electrons.